The van der Waals surface area contributed by atoms with E-state index < -0.39 is 17.6 Å². The summed E-state index contributed by atoms with van der Waals surface area (Å²) in [7, 11) is 0. The molecule has 0 spiro atoms. The highest BCUT2D eigenvalue weighted by molar-refractivity contribution is 7.15. The lowest BCUT2D eigenvalue weighted by atomic mass is 10.1. The number of nitrogens with zero attached hydrogens (tertiary/aromatic N) is 1. The number of morpholine rings is 1. The number of hydrogen-bond acceptors (Lipinski definition) is 5. The van der Waals surface area contributed by atoms with Crippen LogP contribution >= 0.6 is 11.3 Å². The third kappa shape index (κ3) is 4.23. The molecule has 0 atom stereocenters. The lowest BCUT2D eigenvalue weighted by Crippen LogP contribution is -2.35. The number of amides is 1. The molecule has 1 amide bonds. The van der Waals surface area contributed by atoms with Crippen LogP contribution in [0, 0.1) is 0 Å². The van der Waals surface area contributed by atoms with Crippen LogP contribution in [-0.4, -0.2) is 37.1 Å². The highest BCUT2D eigenvalue weighted by Gasteiger charge is 2.32. The summed E-state index contributed by atoms with van der Waals surface area (Å²) in [6.07, 6.45) is -4.51. The number of fused-ring (bicyclic) bond motifs is 2. The molecule has 2 aromatic carbocycles. The van der Waals surface area contributed by atoms with E-state index in [1.165, 1.54) is 10.9 Å². The molecule has 1 N–H and O–H groups in total. The lowest BCUT2D eigenvalue weighted by molar-refractivity contribution is -0.137. The van der Waals surface area contributed by atoms with Crippen LogP contribution in [0.2, 0.25) is 0 Å². The van der Waals surface area contributed by atoms with Crippen molar-refractivity contribution in [3.8, 4) is 21.9 Å². The van der Waals surface area contributed by atoms with E-state index in [1.807, 2.05) is 12.1 Å². The van der Waals surface area contributed by atoms with Crippen molar-refractivity contribution in [1.82, 2.24) is 4.90 Å². The van der Waals surface area contributed by atoms with E-state index >= 15 is 0 Å². The van der Waals surface area contributed by atoms with Crippen LogP contribution in [0.3, 0.4) is 0 Å². The van der Waals surface area contributed by atoms with Gasteiger partial charge in [0.15, 0.2) is 5.75 Å². The molecule has 0 unspecified atom stereocenters. The number of thiophene rings is 1. The number of halogens is 3. The fourth-order valence-electron chi connectivity index (χ4n) is 3.75. The average Bonchev–Trinajstić information content (AvgIpc) is 3.18. The summed E-state index contributed by atoms with van der Waals surface area (Å²) in [6.45, 7) is 4.13. The molecule has 9 heteroatoms. The topological polar surface area (TPSA) is 50.8 Å². The molecule has 32 heavy (non-hydrogen) atoms. The Bertz CT molecular complexity index is 1170. The normalized spacial score (nSPS) is 16.5. The minimum Gasteiger partial charge on any atom is -0.454 e. The number of carbonyl (C=O) groups is 1. The Balaban J connectivity index is 1.40. The number of carbonyl (C=O) groups excluding carboxylic acids is 1. The molecule has 5 rings (SSSR count). The van der Waals surface area contributed by atoms with Crippen molar-refractivity contribution in [2.45, 2.75) is 12.7 Å². The van der Waals surface area contributed by atoms with E-state index in [0.29, 0.717) is 5.75 Å². The van der Waals surface area contributed by atoms with Crippen molar-refractivity contribution < 1.29 is 27.4 Å². The van der Waals surface area contributed by atoms with Crippen molar-refractivity contribution in [3.05, 3.63) is 64.5 Å². The fraction of sp³-hybridized carbons (Fsp3) is 0.261. The first-order chi connectivity index (χ1) is 15.4. The molecule has 1 fully saturated rings. The smallest absolute Gasteiger partial charge is 0.416 e. The highest BCUT2D eigenvalue weighted by Crippen LogP contribution is 2.41. The van der Waals surface area contributed by atoms with Crippen LogP contribution in [0.5, 0.6) is 11.5 Å². The van der Waals surface area contributed by atoms with Crippen molar-refractivity contribution in [2.24, 2.45) is 0 Å². The zero-order valence-corrected chi connectivity index (χ0v) is 17.7. The molecule has 1 aromatic heterocycles. The van der Waals surface area contributed by atoms with Crippen LogP contribution in [0.4, 0.5) is 18.9 Å². The Hall–Kier alpha value is -2.88. The maximum atomic E-state index is 13.0. The highest BCUT2D eigenvalue weighted by atomic mass is 32.1. The van der Waals surface area contributed by atoms with Gasteiger partial charge in [0, 0.05) is 29.4 Å². The summed E-state index contributed by atoms with van der Waals surface area (Å²) < 4.78 is 50.3. The van der Waals surface area contributed by atoms with Gasteiger partial charge in [0.2, 0.25) is 0 Å². The van der Waals surface area contributed by atoms with E-state index in [-0.39, 0.29) is 17.0 Å². The first-order valence-electron chi connectivity index (χ1n) is 10.1. The Morgan fingerprint density at radius 3 is 2.56 bits per heavy atom. The second-order valence-electron chi connectivity index (χ2n) is 7.63. The SMILES string of the molecule is O=C1Nc2cc(C(F)(F)F)ccc2Oc2ccc(-c3ccc(CN4CCOCC4)s3)cc21. The molecular formula is C23H19F3N2O3S. The fourth-order valence-corrected chi connectivity index (χ4v) is 4.80. The van der Waals surface area contributed by atoms with E-state index in [9.17, 15) is 18.0 Å². The minimum atomic E-state index is -4.51. The van der Waals surface area contributed by atoms with Gasteiger partial charge in [0.1, 0.15) is 5.75 Å². The first-order valence-corrected chi connectivity index (χ1v) is 10.9. The Labute approximate surface area is 186 Å². The van der Waals surface area contributed by atoms with Gasteiger partial charge in [-0.3, -0.25) is 9.69 Å². The van der Waals surface area contributed by atoms with Crippen LogP contribution in [0.1, 0.15) is 20.8 Å². The molecule has 2 aliphatic rings. The molecule has 0 aliphatic carbocycles. The molecule has 5 nitrogen and oxygen atoms in total. The zero-order valence-electron chi connectivity index (χ0n) is 16.9. The van der Waals surface area contributed by atoms with Crippen LogP contribution < -0.4 is 10.1 Å². The number of anilines is 1. The molecule has 0 saturated carbocycles. The minimum absolute atomic E-state index is 0.00787. The van der Waals surface area contributed by atoms with Crippen molar-refractivity contribution in [2.75, 3.05) is 31.6 Å². The summed E-state index contributed by atoms with van der Waals surface area (Å²) >= 11 is 1.65. The Morgan fingerprint density at radius 1 is 1.00 bits per heavy atom. The number of rotatable bonds is 3. The van der Waals surface area contributed by atoms with Gasteiger partial charge in [-0.1, -0.05) is 0 Å². The molecular weight excluding hydrogens is 441 g/mol. The quantitative estimate of drug-likeness (QED) is 0.551. The number of benzene rings is 2. The molecule has 166 valence electrons. The van der Waals surface area contributed by atoms with E-state index in [0.717, 1.165) is 55.4 Å². The summed E-state index contributed by atoms with van der Waals surface area (Å²) in [5, 5.41) is 2.55. The summed E-state index contributed by atoms with van der Waals surface area (Å²) in [4.78, 5) is 17.3. The van der Waals surface area contributed by atoms with Gasteiger partial charge in [0.25, 0.3) is 5.91 Å². The third-order valence-corrected chi connectivity index (χ3v) is 6.55. The standard InChI is InChI=1S/C23H19F3N2O3S/c24-23(25,26)15-2-5-20-18(12-15)27-22(29)17-11-14(1-4-19(17)31-20)21-6-3-16(32-21)13-28-7-9-30-10-8-28/h1-6,11-12H,7-10,13H2,(H,27,29). The average molecular weight is 460 g/mol. The first kappa shape index (κ1) is 21.0. The summed E-state index contributed by atoms with van der Waals surface area (Å²) in [6, 6.07) is 12.4. The molecule has 0 radical (unpaired) electrons. The molecule has 3 heterocycles. The van der Waals surface area contributed by atoms with Crippen molar-refractivity contribution >= 4 is 22.9 Å². The predicted octanol–water partition coefficient (Wildman–Crippen LogP) is 5.62. The van der Waals surface area contributed by atoms with Gasteiger partial charge in [-0.15, -0.1) is 11.3 Å². The second kappa shape index (κ2) is 8.23. The predicted molar refractivity (Wildman–Crippen MR) is 115 cm³/mol. The lowest BCUT2D eigenvalue weighted by Gasteiger charge is -2.25. The number of hydrogen-bond donors (Lipinski definition) is 1. The van der Waals surface area contributed by atoms with Crippen LogP contribution in [0.25, 0.3) is 10.4 Å². The van der Waals surface area contributed by atoms with Gasteiger partial charge in [-0.2, -0.15) is 13.2 Å². The second-order valence-corrected chi connectivity index (χ2v) is 8.80. The number of nitrogens with one attached hydrogen (secondary N) is 1. The number of ether oxygens (including phenoxy) is 2. The molecule has 1 saturated heterocycles. The van der Waals surface area contributed by atoms with E-state index in [2.05, 4.69) is 16.3 Å². The Kier molecular flexibility index (Phi) is 5.40. The van der Waals surface area contributed by atoms with Gasteiger partial charge >= 0.3 is 6.18 Å². The van der Waals surface area contributed by atoms with Gasteiger partial charge in [0.05, 0.1) is 30.0 Å². The maximum Gasteiger partial charge on any atom is 0.416 e. The maximum absolute atomic E-state index is 13.0. The number of alkyl halides is 3. The molecule has 3 aromatic rings. The molecule has 2 aliphatic heterocycles. The van der Waals surface area contributed by atoms with Crippen molar-refractivity contribution in [3.63, 3.8) is 0 Å². The Morgan fingerprint density at radius 2 is 1.78 bits per heavy atom. The molecule has 0 bridgehead atoms. The van der Waals surface area contributed by atoms with Crippen molar-refractivity contribution in [1.29, 1.82) is 0 Å². The van der Waals surface area contributed by atoms with E-state index in [1.54, 1.807) is 23.5 Å². The van der Waals surface area contributed by atoms with E-state index in [4.69, 9.17) is 9.47 Å². The summed E-state index contributed by atoms with van der Waals surface area (Å²) in [5.74, 6) is -0.0401. The van der Waals surface area contributed by atoms with Crippen LogP contribution in [0.15, 0.2) is 48.5 Å². The van der Waals surface area contributed by atoms with Crippen LogP contribution in [-0.2, 0) is 17.5 Å². The van der Waals surface area contributed by atoms with Gasteiger partial charge in [-0.25, -0.2) is 0 Å². The van der Waals surface area contributed by atoms with Gasteiger partial charge < -0.3 is 14.8 Å². The summed E-state index contributed by atoms with van der Waals surface area (Å²) in [5.41, 5.74) is 0.266. The largest absolute Gasteiger partial charge is 0.454 e. The monoisotopic (exact) mass is 460 g/mol. The zero-order chi connectivity index (χ0) is 22.3. The third-order valence-electron chi connectivity index (χ3n) is 5.43. The van der Waals surface area contributed by atoms with Gasteiger partial charge in [-0.05, 0) is 54.1 Å².